The van der Waals surface area contributed by atoms with Crippen LogP contribution in [0, 0.1) is 5.92 Å². The lowest BCUT2D eigenvalue weighted by molar-refractivity contribution is -0.138. The summed E-state index contributed by atoms with van der Waals surface area (Å²) in [5, 5.41) is 15.3. The Hall–Kier alpha value is -3.10. The minimum atomic E-state index is -1.02. The minimum Gasteiger partial charge on any atom is -0.480 e. The molecule has 0 aromatic carbocycles. The van der Waals surface area contributed by atoms with Crippen molar-refractivity contribution in [2.75, 3.05) is 11.9 Å². The molecule has 24 heavy (non-hydrogen) atoms. The van der Waals surface area contributed by atoms with Crippen molar-refractivity contribution in [3.05, 3.63) is 36.4 Å². The van der Waals surface area contributed by atoms with Gasteiger partial charge in [-0.25, -0.2) is 0 Å². The highest BCUT2D eigenvalue weighted by molar-refractivity contribution is 5.96. The zero-order chi connectivity index (χ0) is 17.1. The molecule has 2 N–H and O–H groups in total. The maximum absolute atomic E-state index is 12.3. The first kappa shape index (κ1) is 15.8. The fourth-order valence-corrected chi connectivity index (χ4v) is 2.57. The van der Waals surface area contributed by atoms with E-state index in [9.17, 15) is 14.4 Å². The second-order valence-corrected chi connectivity index (χ2v) is 5.54. The van der Waals surface area contributed by atoms with Gasteiger partial charge in [-0.05, 0) is 12.1 Å². The van der Waals surface area contributed by atoms with Gasteiger partial charge in [0.05, 0.1) is 18.7 Å². The topological polar surface area (TPSA) is 118 Å². The summed E-state index contributed by atoms with van der Waals surface area (Å²) in [6, 6.07) is 5.03. The normalized spacial score (nSPS) is 17.2. The van der Waals surface area contributed by atoms with Crippen molar-refractivity contribution in [1.29, 1.82) is 0 Å². The number of rotatable bonds is 6. The Balaban J connectivity index is 1.56. The van der Waals surface area contributed by atoms with Crippen LogP contribution in [0.3, 0.4) is 0 Å². The predicted molar refractivity (Wildman–Crippen MR) is 80.7 cm³/mol. The van der Waals surface area contributed by atoms with Crippen LogP contribution in [0.2, 0.25) is 0 Å². The van der Waals surface area contributed by atoms with Crippen molar-refractivity contribution < 1.29 is 23.9 Å². The molecule has 0 spiro atoms. The summed E-state index contributed by atoms with van der Waals surface area (Å²) in [4.78, 5) is 36.5. The number of carboxylic acids is 1. The fraction of sp³-hybridized carbons (Fsp3) is 0.333. The van der Waals surface area contributed by atoms with Crippen molar-refractivity contribution in [3.8, 4) is 0 Å². The Kier molecular flexibility index (Phi) is 4.32. The first-order chi connectivity index (χ1) is 11.5. The van der Waals surface area contributed by atoms with Gasteiger partial charge in [-0.15, -0.1) is 0 Å². The second kappa shape index (κ2) is 6.57. The molecular formula is C15H16N4O5. The van der Waals surface area contributed by atoms with Gasteiger partial charge >= 0.3 is 5.97 Å². The van der Waals surface area contributed by atoms with Crippen LogP contribution in [0.5, 0.6) is 0 Å². The van der Waals surface area contributed by atoms with Gasteiger partial charge in [0.15, 0.2) is 5.82 Å². The molecule has 0 saturated carbocycles. The third-order valence-corrected chi connectivity index (χ3v) is 3.70. The standard InChI is InChI=1S/C15H16N4O5/c20-13-6-10(7-18(13)8-11-2-1-5-24-11)15(23)16-12-3-4-19(17-12)9-14(21)22/h1-5,10H,6-9H2,(H,21,22)(H,16,17,23)/t10-/m0/s1. The Morgan fingerprint density at radius 3 is 2.96 bits per heavy atom. The average Bonchev–Trinajstić information content (AvgIpc) is 3.23. The third-order valence-electron chi connectivity index (χ3n) is 3.70. The van der Waals surface area contributed by atoms with Crippen LogP contribution < -0.4 is 5.32 Å². The van der Waals surface area contributed by atoms with E-state index in [1.807, 2.05) is 0 Å². The average molecular weight is 332 g/mol. The largest absolute Gasteiger partial charge is 0.480 e. The molecule has 3 heterocycles. The number of hydrogen-bond acceptors (Lipinski definition) is 5. The summed E-state index contributed by atoms with van der Waals surface area (Å²) in [5.74, 6) is -0.994. The van der Waals surface area contributed by atoms with E-state index in [4.69, 9.17) is 9.52 Å². The number of aromatic nitrogens is 2. The molecule has 0 aliphatic carbocycles. The summed E-state index contributed by atoms with van der Waals surface area (Å²) in [5.41, 5.74) is 0. The number of furan rings is 1. The number of aliphatic carboxylic acids is 1. The van der Waals surface area contributed by atoms with E-state index in [0.717, 1.165) is 0 Å². The zero-order valence-electron chi connectivity index (χ0n) is 12.7. The van der Waals surface area contributed by atoms with Crippen LogP contribution in [-0.4, -0.2) is 44.1 Å². The maximum Gasteiger partial charge on any atom is 0.325 e. The van der Waals surface area contributed by atoms with E-state index >= 15 is 0 Å². The quantitative estimate of drug-likeness (QED) is 0.797. The van der Waals surface area contributed by atoms with Crippen LogP contribution in [0.25, 0.3) is 0 Å². The highest BCUT2D eigenvalue weighted by atomic mass is 16.4. The number of hydrogen-bond donors (Lipinski definition) is 2. The zero-order valence-corrected chi connectivity index (χ0v) is 12.7. The van der Waals surface area contributed by atoms with Crippen molar-refractivity contribution in [3.63, 3.8) is 0 Å². The summed E-state index contributed by atoms with van der Waals surface area (Å²) in [6.45, 7) is 0.360. The van der Waals surface area contributed by atoms with Gasteiger partial charge in [0.25, 0.3) is 0 Å². The molecule has 1 aliphatic heterocycles. The van der Waals surface area contributed by atoms with E-state index in [0.29, 0.717) is 18.8 Å². The summed E-state index contributed by atoms with van der Waals surface area (Å²) in [7, 11) is 0. The summed E-state index contributed by atoms with van der Waals surface area (Å²) < 4.78 is 6.42. The molecule has 0 bridgehead atoms. The molecular weight excluding hydrogens is 316 g/mol. The minimum absolute atomic E-state index is 0.108. The number of anilines is 1. The molecule has 9 heteroatoms. The molecule has 1 fully saturated rings. The number of amides is 2. The number of carboxylic acid groups (broad SMARTS) is 1. The maximum atomic E-state index is 12.3. The third kappa shape index (κ3) is 3.62. The number of carbonyl (C=O) groups excluding carboxylic acids is 2. The molecule has 1 aliphatic rings. The van der Waals surface area contributed by atoms with Crippen molar-refractivity contribution in [2.24, 2.45) is 5.92 Å². The van der Waals surface area contributed by atoms with Gasteiger partial charge in [0.2, 0.25) is 11.8 Å². The van der Waals surface area contributed by atoms with E-state index in [2.05, 4.69) is 10.4 Å². The highest BCUT2D eigenvalue weighted by Crippen LogP contribution is 2.21. The van der Waals surface area contributed by atoms with Crippen molar-refractivity contribution in [2.45, 2.75) is 19.5 Å². The summed E-state index contributed by atoms with van der Waals surface area (Å²) in [6.07, 6.45) is 3.13. The molecule has 3 rings (SSSR count). The van der Waals surface area contributed by atoms with Gasteiger partial charge < -0.3 is 19.7 Å². The fourth-order valence-electron chi connectivity index (χ4n) is 2.57. The van der Waals surface area contributed by atoms with E-state index < -0.39 is 11.9 Å². The Bertz CT molecular complexity index is 752. The Morgan fingerprint density at radius 2 is 2.25 bits per heavy atom. The van der Waals surface area contributed by atoms with E-state index in [-0.39, 0.29) is 30.6 Å². The van der Waals surface area contributed by atoms with Crippen LogP contribution in [0.4, 0.5) is 5.82 Å². The second-order valence-electron chi connectivity index (χ2n) is 5.54. The molecule has 2 aromatic heterocycles. The number of nitrogens with one attached hydrogen (secondary N) is 1. The van der Waals surface area contributed by atoms with E-state index in [1.54, 1.807) is 17.0 Å². The van der Waals surface area contributed by atoms with Gasteiger partial charge in [-0.3, -0.25) is 19.1 Å². The molecule has 126 valence electrons. The molecule has 2 aromatic rings. The first-order valence-electron chi connectivity index (χ1n) is 7.37. The van der Waals surface area contributed by atoms with Gasteiger partial charge in [-0.2, -0.15) is 5.10 Å². The van der Waals surface area contributed by atoms with Crippen molar-refractivity contribution in [1.82, 2.24) is 14.7 Å². The lowest BCUT2D eigenvalue weighted by Crippen LogP contribution is -2.28. The van der Waals surface area contributed by atoms with Gasteiger partial charge in [-0.1, -0.05) is 0 Å². The monoisotopic (exact) mass is 332 g/mol. The molecule has 0 radical (unpaired) electrons. The van der Waals surface area contributed by atoms with E-state index in [1.165, 1.54) is 23.2 Å². The SMILES string of the molecule is O=C(O)Cn1ccc(NC(=O)[C@H]2CC(=O)N(Cc3ccco3)C2)n1. The molecule has 0 unspecified atom stereocenters. The van der Waals surface area contributed by atoms with Gasteiger partial charge in [0.1, 0.15) is 12.3 Å². The van der Waals surface area contributed by atoms with Crippen LogP contribution in [-0.2, 0) is 27.5 Å². The number of nitrogens with zero attached hydrogens (tertiary/aromatic N) is 3. The molecule has 2 amide bonds. The predicted octanol–water partition coefficient (Wildman–Crippen LogP) is 0.548. The molecule has 1 saturated heterocycles. The number of carbonyl (C=O) groups is 3. The van der Waals surface area contributed by atoms with Gasteiger partial charge in [0, 0.05) is 25.2 Å². The lowest BCUT2D eigenvalue weighted by atomic mass is 10.1. The van der Waals surface area contributed by atoms with Crippen LogP contribution >= 0.6 is 0 Å². The van der Waals surface area contributed by atoms with Crippen LogP contribution in [0.1, 0.15) is 12.2 Å². The first-order valence-corrected chi connectivity index (χ1v) is 7.37. The van der Waals surface area contributed by atoms with Crippen molar-refractivity contribution >= 4 is 23.6 Å². The lowest BCUT2D eigenvalue weighted by Gasteiger charge is -2.14. The summed E-state index contributed by atoms with van der Waals surface area (Å²) >= 11 is 0. The Morgan fingerprint density at radius 1 is 1.42 bits per heavy atom. The highest BCUT2D eigenvalue weighted by Gasteiger charge is 2.34. The molecule has 9 nitrogen and oxygen atoms in total. The molecule has 1 atom stereocenters. The Labute approximate surface area is 136 Å². The van der Waals surface area contributed by atoms with Crippen LogP contribution in [0.15, 0.2) is 35.1 Å². The smallest absolute Gasteiger partial charge is 0.325 e. The number of likely N-dealkylation sites (tertiary alicyclic amines) is 1.